The Balaban J connectivity index is 1.51. The van der Waals surface area contributed by atoms with Crippen LogP contribution in [-0.2, 0) is 5.41 Å². The predicted octanol–water partition coefficient (Wildman–Crippen LogP) is 3.22. The Hall–Kier alpha value is -4.10. The van der Waals surface area contributed by atoms with Gasteiger partial charge in [-0.05, 0) is 75.1 Å². The van der Waals surface area contributed by atoms with Gasteiger partial charge in [0.2, 0.25) is 0 Å². The molecule has 1 aliphatic heterocycles. The van der Waals surface area contributed by atoms with Gasteiger partial charge < -0.3 is 15.5 Å². The van der Waals surface area contributed by atoms with Gasteiger partial charge in [0.25, 0.3) is 11.8 Å². The summed E-state index contributed by atoms with van der Waals surface area (Å²) < 4.78 is 1.48. The Morgan fingerprint density at radius 3 is 2.51 bits per heavy atom. The number of carbonyl (C=O) groups is 2. The minimum atomic E-state index is -0.351. The maximum atomic E-state index is 13.1. The van der Waals surface area contributed by atoms with E-state index in [0.29, 0.717) is 28.2 Å². The number of likely N-dealkylation sites (tertiary alicyclic amines) is 1. The van der Waals surface area contributed by atoms with E-state index < -0.39 is 0 Å². The van der Waals surface area contributed by atoms with Gasteiger partial charge in [-0.3, -0.25) is 14.6 Å². The van der Waals surface area contributed by atoms with Gasteiger partial charge in [0.15, 0.2) is 5.69 Å². The van der Waals surface area contributed by atoms with Crippen LogP contribution in [0, 0.1) is 18.3 Å². The van der Waals surface area contributed by atoms with Crippen molar-refractivity contribution >= 4 is 17.5 Å². The molecular weight excluding hydrogens is 468 g/mol. The summed E-state index contributed by atoms with van der Waals surface area (Å²) >= 11 is 0. The van der Waals surface area contributed by atoms with E-state index in [9.17, 15) is 14.9 Å². The molecule has 4 rings (SSSR count). The fraction of sp³-hybridized carbons (Fsp3) is 0.407. The van der Waals surface area contributed by atoms with E-state index in [1.165, 1.54) is 4.68 Å². The Morgan fingerprint density at radius 1 is 1.11 bits per heavy atom. The number of aryl methyl sites for hydroxylation is 1. The number of nitriles is 1. The largest absolute Gasteiger partial charge is 0.348 e. The summed E-state index contributed by atoms with van der Waals surface area (Å²) in [6.07, 6.45) is 4.91. The summed E-state index contributed by atoms with van der Waals surface area (Å²) in [6, 6.07) is 9.14. The third kappa shape index (κ3) is 6.19. The fourth-order valence-electron chi connectivity index (χ4n) is 4.18. The second kappa shape index (κ2) is 10.5. The zero-order valence-corrected chi connectivity index (χ0v) is 21.9. The summed E-state index contributed by atoms with van der Waals surface area (Å²) in [6.45, 7) is 9.79. The first-order valence-electron chi connectivity index (χ1n) is 12.3. The lowest BCUT2D eigenvalue weighted by molar-refractivity contribution is 0.0911. The Morgan fingerprint density at radius 2 is 1.84 bits per heavy atom. The SMILES string of the molecule is Cc1ncc(NC(=O)c2cc(C#N)cc(C(C)(C)C)c2)cc1-n1cc(C(=O)NC2CCN(C)CC2)nn1. The second-order valence-electron chi connectivity index (χ2n) is 10.5. The van der Waals surface area contributed by atoms with E-state index in [-0.39, 0.29) is 29.0 Å². The molecule has 3 heterocycles. The van der Waals surface area contributed by atoms with Crippen molar-refractivity contribution in [2.24, 2.45) is 0 Å². The summed E-state index contributed by atoms with van der Waals surface area (Å²) in [7, 11) is 2.07. The van der Waals surface area contributed by atoms with Crippen molar-refractivity contribution in [3.05, 3.63) is 64.7 Å². The topological polar surface area (TPSA) is 129 Å². The minimum Gasteiger partial charge on any atom is -0.348 e. The molecule has 0 spiro atoms. The molecular formula is C27H32N8O2. The highest BCUT2D eigenvalue weighted by Gasteiger charge is 2.22. The minimum absolute atomic E-state index is 0.120. The molecule has 0 bridgehead atoms. The lowest BCUT2D eigenvalue weighted by atomic mass is 9.85. The maximum absolute atomic E-state index is 13.1. The Kier molecular flexibility index (Phi) is 7.36. The lowest BCUT2D eigenvalue weighted by Gasteiger charge is -2.29. The molecule has 0 saturated carbocycles. The molecule has 0 radical (unpaired) electrons. The van der Waals surface area contributed by atoms with Crippen LogP contribution >= 0.6 is 0 Å². The van der Waals surface area contributed by atoms with E-state index in [1.54, 1.807) is 36.7 Å². The quantitative estimate of drug-likeness (QED) is 0.550. The molecule has 10 heteroatoms. The highest BCUT2D eigenvalue weighted by Crippen LogP contribution is 2.25. The smallest absolute Gasteiger partial charge is 0.273 e. The highest BCUT2D eigenvalue weighted by molar-refractivity contribution is 6.04. The number of aromatic nitrogens is 4. The third-order valence-electron chi connectivity index (χ3n) is 6.54. The van der Waals surface area contributed by atoms with Crippen molar-refractivity contribution in [3.8, 4) is 11.8 Å². The number of hydrogen-bond donors (Lipinski definition) is 2. The molecule has 0 atom stereocenters. The van der Waals surface area contributed by atoms with E-state index in [1.807, 2.05) is 27.7 Å². The molecule has 2 aromatic heterocycles. The number of nitrogens with one attached hydrogen (secondary N) is 2. The van der Waals surface area contributed by atoms with E-state index in [2.05, 4.69) is 43.9 Å². The number of nitrogens with zero attached hydrogens (tertiary/aromatic N) is 6. The van der Waals surface area contributed by atoms with Crippen molar-refractivity contribution in [2.45, 2.75) is 52.0 Å². The average Bonchev–Trinajstić information content (AvgIpc) is 3.36. The van der Waals surface area contributed by atoms with Crippen LogP contribution in [0.1, 0.15) is 71.3 Å². The third-order valence-corrected chi connectivity index (χ3v) is 6.54. The van der Waals surface area contributed by atoms with Crippen LogP contribution in [0.4, 0.5) is 5.69 Å². The van der Waals surface area contributed by atoms with E-state index >= 15 is 0 Å². The van der Waals surface area contributed by atoms with Gasteiger partial charge in [-0.2, -0.15) is 5.26 Å². The molecule has 1 aromatic carbocycles. The van der Waals surface area contributed by atoms with E-state index in [4.69, 9.17) is 0 Å². The number of hydrogen-bond acceptors (Lipinski definition) is 7. The normalized spacial score (nSPS) is 14.7. The van der Waals surface area contributed by atoms with Gasteiger partial charge in [-0.25, -0.2) is 4.68 Å². The van der Waals surface area contributed by atoms with Gasteiger partial charge >= 0.3 is 0 Å². The predicted molar refractivity (Wildman–Crippen MR) is 140 cm³/mol. The summed E-state index contributed by atoms with van der Waals surface area (Å²) in [5, 5.41) is 23.5. The average molecular weight is 501 g/mol. The molecule has 1 aliphatic rings. The van der Waals surface area contributed by atoms with Gasteiger partial charge in [0, 0.05) is 11.6 Å². The first-order chi connectivity index (χ1) is 17.5. The molecule has 37 heavy (non-hydrogen) atoms. The number of piperidine rings is 1. The second-order valence-corrected chi connectivity index (χ2v) is 10.5. The van der Waals surface area contributed by atoms with Crippen molar-refractivity contribution in [1.82, 2.24) is 30.2 Å². The highest BCUT2D eigenvalue weighted by atomic mass is 16.2. The lowest BCUT2D eigenvalue weighted by Crippen LogP contribution is -2.43. The van der Waals surface area contributed by atoms with Gasteiger partial charge in [0.05, 0.1) is 41.1 Å². The monoisotopic (exact) mass is 500 g/mol. The number of carbonyl (C=O) groups excluding carboxylic acids is 2. The molecule has 1 fully saturated rings. The van der Waals surface area contributed by atoms with Crippen molar-refractivity contribution < 1.29 is 9.59 Å². The molecule has 2 amide bonds. The maximum Gasteiger partial charge on any atom is 0.273 e. The van der Waals surface area contributed by atoms with Crippen LogP contribution in [0.5, 0.6) is 0 Å². The molecule has 1 saturated heterocycles. The van der Waals surface area contributed by atoms with Crippen LogP contribution in [0.25, 0.3) is 5.69 Å². The van der Waals surface area contributed by atoms with Crippen LogP contribution in [0.15, 0.2) is 36.7 Å². The Bertz CT molecular complexity index is 1360. The number of pyridine rings is 1. The molecule has 0 aliphatic carbocycles. The first kappa shape index (κ1) is 26.0. The van der Waals surface area contributed by atoms with Gasteiger partial charge in [-0.1, -0.05) is 26.0 Å². The first-order valence-corrected chi connectivity index (χ1v) is 12.3. The summed E-state index contributed by atoms with van der Waals surface area (Å²) in [5.41, 5.74) is 3.41. The van der Waals surface area contributed by atoms with Crippen LogP contribution in [0.3, 0.4) is 0 Å². The molecule has 0 unspecified atom stereocenters. The standard InChI is InChI=1S/C27H32N8O2/c1-17-24(35-16-23(32-33-35)26(37)30-21-6-8-34(5)9-7-21)13-22(15-29-17)31-25(36)19-10-18(14-28)11-20(12-19)27(2,3)4/h10-13,15-16,21H,6-9H2,1-5H3,(H,30,37)(H,31,36). The van der Waals surface area contributed by atoms with E-state index in [0.717, 1.165) is 31.5 Å². The van der Waals surface area contributed by atoms with Crippen molar-refractivity contribution in [1.29, 1.82) is 5.26 Å². The zero-order valence-electron chi connectivity index (χ0n) is 21.9. The van der Waals surface area contributed by atoms with Gasteiger partial charge in [0.1, 0.15) is 0 Å². The van der Waals surface area contributed by atoms with Crippen LogP contribution in [-0.4, -0.2) is 62.9 Å². The van der Waals surface area contributed by atoms with Crippen molar-refractivity contribution in [2.75, 3.05) is 25.5 Å². The summed E-state index contributed by atoms with van der Waals surface area (Å²) in [4.78, 5) is 32.4. The zero-order chi connectivity index (χ0) is 26.7. The molecule has 3 aromatic rings. The number of rotatable bonds is 5. The number of anilines is 1. The number of benzene rings is 1. The van der Waals surface area contributed by atoms with Gasteiger partial charge in [-0.15, -0.1) is 5.10 Å². The van der Waals surface area contributed by atoms with Crippen molar-refractivity contribution in [3.63, 3.8) is 0 Å². The van der Waals surface area contributed by atoms with Crippen LogP contribution < -0.4 is 10.6 Å². The molecule has 10 nitrogen and oxygen atoms in total. The Labute approximate surface area is 216 Å². The fourth-order valence-corrected chi connectivity index (χ4v) is 4.18. The molecule has 192 valence electrons. The summed E-state index contributed by atoms with van der Waals surface area (Å²) in [5.74, 6) is -0.612. The van der Waals surface area contributed by atoms with Crippen LogP contribution in [0.2, 0.25) is 0 Å². The number of amides is 2. The molecule has 2 N–H and O–H groups in total.